The summed E-state index contributed by atoms with van der Waals surface area (Å²) in [6.45, 7) is 0.764. The lowest BCUT2D eigenvalue weighted by Crippen LogP contribution is -2.27. The Labute approximate surface area is 159 Å². The van der Waals surface area contributed by atoms with Crippen LogP contribution in [0.5, 0.6) is 0 Å². The van der Waals surface area contributed by atoms with Gasteiger partial charge in [0.05, 0.1) is 0 Å². The first-order chi connectivity index (χ1) is 13.2. The molecule has 1 aliphatic rings. The SMILES string of the molecule is C#Cc1ccc(CC2CCN(c3ccc(-c4ccncc4)cc3)C2=O)cc1. The summed E-state index contributed by atoms with van der Waals surface area (Å²) in [4.78, 5) is 18.8. The number of nitrogens with zero attached hydrogens (tertiary/aromatic N) is 2. The van der Waals surface area contributed by atoms with Crippen molar-refractivity contribution in [2.75, 3.05) is 11.4 Å². The molecule has 0 radical (unpaired) electrons. The molecule has 2 heterocycles. The van der Waals surface area contributed by atoms with Crippen LogP contribution in [-0.4, -0.2) is 17.4 Å². The minimum atomic E-state index is 0.0292. The van der Waals surface area contributed by atoms with Crippen molar-refractivity contribution in [3.8, 4) is 23.5 Å². The van der Waals surface area contributed by atoms with Gasteiger partial charge in [-0.2, -0.15) is 0 Å². The molecule has 3 nitrogen and oxygen atoms in total. The summed E-state index contributed by atoms with van der Waals surface area (Å²) < 4.78 is 0. The van der Waals surface area contributed by atoms with Crippen LogP contribution >= 0.6 is 0 Å². The molecule has 0 saturated carbocycles. The van der Waals surface area contributed by atoms with Gasteiger partial charge in [-0.3, -0.25) is 9.78 Å². The fourth-order valence-corrected chi connectivity index (χ4v) is 3.58. The highest BCUT2D eigenvalue weighted by Crippen LogP contribution is 2.29. The van der Waals surface area contributed by atoms with Gasteiger partial charge in [0.1, 0.15) is 0 Å². The van der Waals surface area contributed by atoms with Crippen molar-refractivity contribution in [1.29, 1.82) is 0 Å². The largest absolute Gasteiger partial charge is 0.312 e. The molecule has 1 unspecified atom stereocenters. The van der Waals surface area contributed by atoms with E-state index in [1.807, 2.05) is 53.4 Å². The predicted molar refractivity (Wildman–Crippen MR) is 108 cm³/mol. The maximum absolute atomic E-state index is 12.9. The van der Waals surface area contributed by atoms with Gasteiger partial charge in [-0.15, -0.1) is 6.42 Å². The molecule has 4 rings (SSSR count). The van der Waals surface area contributed by atoms with Crippen LogP contribution < -0.4 is 4.90 Å². The van der Waals surface area contributed by atoms with Crippen molar-refractivity contribution in [1.82, 2.24) is 4.98 Å². The molecule has 0 N–H and O–H groups in total. The van der Waals surface area contributed by atoms with Gasteiger partial charge in [-0.25, -0.2) is 0 Å². The molecule has 1 amide bonds. The van der Waals surface area contributed by atoms with E-state index < -0.39 is 0 Å². The number of pyridine rings is 1. The van der Waals surface area contributed by atoms with Crippen LogP contribution in [0, 0.1) is 18.3 Å². The first kappa shape index (κ1) is 17.1. The fourth-order valence-electron chi connectivity index (χ4n) is 3.58. The molecular weight excluding hydrogens is 332 g/mol. The van der Waals surface area contributed by atoms with Crippen LogP contribution in [0.15, 0.2) is 73.1 Å². The van der Waals surface area contributed by atoms with Crippen molar-refractivity contribution in [3.05, 3.63) is 84.2 Å². The monoisotopic (exact) mass is 352 g/mol. The predicted octanol–water partition coefficient (Wildman–Crippen LogP) is 4.33. The van der Waals surface area contributed by atoms with E-state index in [-0.39, 0.29) is 11.8 Å². The smallest absolute Gasteiger partial charge is 0.230 e. The van der Waals surface area contributed by atoms with Crippen LogP contribution in [0.1, 0.15) is 17.5 Å². The fraction of sp³-hybridized carbons (Fsp3) is 0.167. The summed E-state index contributed by atoms with van der Waals surface area (Å²) in [6.07, 6.45) is 10.6. The van der Waals surface area contributed by atoms with E-state index in [1.165, 1.54) is 0 Å². The lowest BCUT2D eigenvalue weighted by molar-refractivity contribution is -0.120. The molecule has 0 spiro atoms. The topological polar surface area (TPSA) is 33.2 Å². The Morgan fingerprint density at radius 3 is 2.30 bits per heavy atom. The summed E-state index contributed by atoms with van der Waals surface area (Å²) in [7, 11) is 0. The quantitative estimate of drug-likeness (QED) is 0.655. The van der Waals surface area contributed by atoms with Gasteiger partial charge in [0.25, 0.3) is 0 Å². The molecule has 1 saturated heterocycles. The van der Waals surface area contributed by atoms with Gasteiger partial charge in [-0.1, -0.05) is 30.2 Å². The van der Waals surface area contributed by atoms with Gasteiger partial charge in [0.2, 0.25) is 5.91 Å². The average Bonchev–Trinajstić information content (AvgIpc) is 3.09. The highest BCUT2D eigenvalue weighted by molar-refractivity contribution is 5.97. The minimum Gasteiger partial charge on any atom is -0.312 e. The maximum Gasteiger partial charge on any atom is 0.230 e. The van der Waals surface area contributed by atoms with Gasteiger partial charge < -0.3 is 4.90 Å². The Balaban J connectivity index is 1.46. The molecule has 1 fully saturated rings. The van der Waals surface area contributed by atoms with E-state index >= 15 is 0 Å². The highest BCUT2D eigenvalue weighted by atomic mass is 16.2. The number of aromatic nitrogens is 1. The van der Waals surface area contributed by atoms with E-state index in [2.05, 4.69) is 23.0 Å². The lowest BCUT2D eigenvalue weighted by Gasteiger charge is -2.17. The number of anilines is 1. The zero-order valence-corrected chi connectivity index (χ0v) is 15.0. The van der Waals surface area contributed by atoms with E-state index in [9.17, 15) is 4.79 Å². The number of carbonyl (C=O) groups excluding carboxylic acids is 1. The second-order valence-corrected chi connectivity index (χ2v) is 6.80. The van der Waals surface area contributed by atoms with Gasteiger partial charge >= 0.3 is 0 Å². The van der Waals surface area contributed by atoms with Crippen LogP contribution in [0.3, 0.4) is 0 Å². The van der Waals surface area contributed by atoms with Crippen molar-refractivity contribution in [2.24, 2.45) is 5.92 Å². The van der Waals surface area contributed by atoms with Gasteiger partial charge in [0, 0.05) is 36.1 Å². The third-order valence-electron chi connectivity index (χ3n) is 5.11. The van der Waals surface area contributed by atoms with Crippen LogP contribution in [0.4, 0.5) is 5.69 Å². The first-order valence-electron chi connectivity index (χ1n) is 9.12. The van der Waals surface area contributed by atoms with E-state index in [0.29, 0.717) is 0 Å². The molecular formula is C24H20N2O. The van der Waals surface area contributed by atoms with Crippen molar-refractivity contribution in [3.63, 3.8) is 0 Å². The third kappa shape index (κ3) is 3.61. The number of rotatable bonds is 4. The van der Waals surface area contributed by atoms with Crippen LogP contribution in [0.2, 0.25) is 0 Å². The number of benzene rings is 2. The van der Waals surface area contributed by atoms with Crippen molar-refractivity contribution >= 4 is 11.6 Å². The molecule has 27 heavy (non-hydrogen) atoms. The number of carbonyl (C=O) groups is 1. The van der Waals surface area contributed by atoms with Crippen molar-refractivity contribution < 1.29 is 4.79 Å². The lowest BCUT2D eigenvalue weighted by atomic mass is 9.97. The second-order valence-electron chi connectivity index (χ2n) is 6.80. The summed E-state index contributed by atoms with van der Waals surface area (Å²) in [5.41, 5.74) is 5.23. The van der Waals surface area contributed by atoms with E-state index in [4.69, 9.17) is 6.42 Å². The zero-order valence-electron chi connectivity index (χ0n) is 15.0. The Morgan fingerprint density at radius 2 is 1.63 bits per heavy atom. The number of hydrogen-bond acceptors (Lipinski definition) is 2. The highest BCUT2D eigenvalue weighted by Gasteiger charge is 2.32. The maximum atomic E-state index is 12.9. The van der Waals surface area contributed by atoms with Gasteiger partial charge in [-0.05, 0) is 65.9 Å². The Bertz CT molecular complexity index is 970. The molecule has 1 aliphatic heterocycles. The van der Waals surface area contributed by atoms with Crippen molar-refractivity contribution in [2.45, 2.75) is 12.8 Å². The molecule has 0 aliphatic carbocycles. The molecule has 1 aromatic heterocycles. The minimum absolute atomic E-state index is 0.0292. The molecule has 3 heteroatoms. The number of amides is 1. The van der Waals surface area contributed by atoms with Crippen LogP contribution in [-0.2, 0) is 11.2 Å². The molecule has 3 aromatic rings. The molecule has 132 valence electrons. The van der Waals surface area contributed by atoms with E-state index in [1.54, 1.807) is 12.4 Å². The number of terminal acetylenes is 1. The Hall–Kier alpha value is -3.38. The standard InChI is InChI=1S/C24H20N2O/c1-2-18-3-5-19(6-4-18)17-22-13-16-26(24(22)27)23-9-7-20(8-10-23)21-11-14-25-15-12-21/h1,3-12,14-15,22H,13,16-17H2. The molecule has 2 aromatic carbocycles. The van der Waals surface area contributed by atoms with Crippen LogP contribution in [0.25, 0.3) is 11.1 Å². The molecule has 0 bridgehead atoms. The normalized spacial score (nSPS) is 16.3. The van der Waals surface area contributed by atoms with E-state index in [0.717, 1.165) is 47.3 Å². The summed E-state index contributed by atoms with van der Waals surface area (Å²) in [5, 5.41) is 0. The van der Waals surface area contributed by atoms with Gasteiger partial charge in [0.15, 0.2) is 0 Å². The second kappa shape index (κ2) is 7.47. The Kier molecular flexibility index (Phi) is 4.72. The summed E-state index contributed by atoms with van der Waals surface area (Å²) in [6, 6.07) is 20.1. The third-order valence-corrected chi connectivity index (χ3v) is 5.11. The first-order valence-corrected chi connectivity index (χ1v) is 9.12. The number of hydrogen-bond donors (Lipinski definition) is 0. The summed E-state index contributed by atoms with van der Waals surface area (Å²) >= 11 is 0. The molecule has 1 atom stereocenters. The summed E-state index contributed by atoms with van der Waals surface area (Å²) in [5.74, 6) is 2.85. The Morgan fingerprint density at radius 1 is 0.963 bits per heavy atom. The average molecular weight is 352 g/mol. The zero-order chi connectivity index (χ0) is 18.6.